The van der Waals surface area contributed by atoms with Crippen LogP contribution in [-0.4, -0.2) is 36.9 Å². The minimum Gasteiger partial charge on any atom is -0.335 e. The van der Waals surface area contributed by atoms with Crippen molar-refractivity contribution in [3.8, 4) is 0 Å². The summed E-state index contributed by atoms with van der Waals surface area (Å²) in [7, 11) is -3.11. The van der Waals surface area contributed by atoms with Gasteiger partial charge in [0.2, 0.25) is 10.0 Å². The van der Waals surface area contributed by atoms with Gasteiger partial charge >= 0.3 is 6.01 Å². The number of rotatable bonds is 8. The molecule has 2 N–H and O–H groups in total. The van der Waals surface area contributed by atoms with E-state index in [9.17, 15) is 8.42 Å². The second-order valence-electron chi connectivity index (χ2n) is 7.99. The number of hydrogen-bond acceptors (Lipinski definition) is 6. The van der Waals surface area contributed by atoms with Gasteiger partial charge in [-0.2, -0.15) is 4.98 Å². The standard InChI is InChI=1S/C20H28N4O3S/c1-2-28(25,26)21-14-15-8-10-17(11-9-15)22-19-23-18(24-27-19)20(12-13-20)16-6-4-3-5-7-16/h3-7,15,17,21H,2,8-14H2,1H3,(H,22,23,24)/t15-,17-. The first kappa shape index (κ1) is 19.4. The van der Waals surface area contributed by atoms with Crippen LogP contribution in [0.2, 0.25) is 0 Å². The van der Waals surface area contributed by atoms with Crippen LogP contribution in [0.1, 0.15) is 56.8 Å². The van der Waals surface area contributed by atoms with Crippen molar-refractivity contribution in [1.29, 1.82) is 0 Å². The van der Waals surface area contributed by atoms with Gasteiger partial charge in [0.1, 0.15) is 0 Å². The summed E-state index contributed by atoms with van der Waals surface area (Å²) >= 11 is 0. The molecule has 2 saturated carbocycles. The molecule has 2 fully saturated rings. The molecule has 0 spiro atoms. The van der Waals surface area contributed by atoms with Crippen molar-refractivity contribution in [2.24, 2.45) is 5.92 Å². The zero-order chi connectivity index (χ0) is 19.6. The third kappa shape index (κ3) is 4.22. The summed E-state index contributed by atoms with van der Waals surface area (Å²) in [6.07, 6.45) is 6.02. The van der Waals surface area contributed by atoms with E-state index in [-0.39, 0.29) is 11.2 Å². The molecule has 0 unspecified atom stereocenters. The van der Waals surface area contributed by atoms with E-state index in [4.69, 9.17) is 4.52 Å². The lowest BCUT2D eigenvalue weighted by Gasteiger charge is -2.28. The minimum absolute atomic E-state index is 0.0845. The van der Waals surface area contributed by atoms with Crippen LogP contribution in [0.5, 0.6) is 0 Å². The molecule has 2 aromatic rings. The van der Waals surface area contributed by atoms with Gasteiger partial charge in [0.15, 0.2) is 5.82 Å². The topological polar surface area (TPSA) is 97.1 Å². The Bertz CT molecular complexity index is 885. The second kappa shape index (κ2) is 7.83. The average Bonchev–Trinajstić information content (AvgIpc) is 3.41. The number of hydrogen-bond donors (Lipinski definition) is 2. The van der Waals surface area contributed by atoms with Crippen molar-refractivity contribution in [3.05, 3.63) is 41.7 Å². The Hall–Kier alpha value is -1.93. The van der Waals surface area contributed by atoms with Crippen molar-refractivity contribution < 1.29 is 12.9 Å². The Kier molecular flexibility index (Phi) is 5.42. The quantitative estimate of drug-likeness (QED) is 0.702. The minimum atomic E-state index is -3.11. The summed E-state index contributed by atoms with van der Waals surface area (Å²) in [5.74, 6) is 1.29. The molecule has 0 radical (unpaired) electrons. The molecule has 1 aromatic heterocycles. The third-order valence-corrected chi connectivity index (χ3v) is 7.44. The highest BCUT2D eigenvalue weighted by Crippen LogP contribution is 2.52. The molecule has 4 rings (SSSR count). The second-order valence-corrected chi connectivity index (χ2v) is 10.1. The molecule has 8 heteroatoms. The summed E-state index contributed by atoms with van der Waals surface area (Å²) in [4.78, 5) is 4.63. The highest BCUT2D eigenvalue weighted by atomic mass is 32.2. The smallest absolute Gasteiger partial charge is 0.321 e. The van der Waals surface area contributed by atoms with Gasteiger partial charge in [0, 0.05) is 12.6 Å². The fourth-order valence-corrected chi connectivity index (χ4v) is 4.73. The normalized spacial score (nSPS) is 24.0. The van der Waals surface area contributed by atoms with Crippen molar-refractivity contribution in [1.82, 2.24) is 14.9 Å². The molecule has 28 heavy (non-hydrogen) atoms. The lowest BCUT2D eigenvalue weighted by Crippen LogP contribution is -2.34. The monoisotopic (exact) mass is 404 g/mol. The van der Waals surface area contributed by atoms with Crippen LogP contribution in [0.15, 0.2) is 34.9 Å². The van der Waals surface area contributed by atoms with Crippen LogP contribution in [0.3, 0.4) is 0 Å². The van der Waals surface area contributed by atoms with Gasteiger partial charge < -0.3 is 9.84 Å². The third-order valence-electron chi connectivity index (χ3n) is 6.08. The Morgan fingerprint density at radius 2 is 1.86 bits per heavy atom. The van der Waals surface area contributed by atoms with Crippen molar-refractivity contribution in [2.45, 2.75) is 56.9 Å². The van der Waals surface area contributed by atoms with Crippen LogP contribution in [0, 0.1) is 5.92 Å². The van der Waals surface area contributed by atoms with Gasteiger partial charge in [-0.05, 0) is 56.9 Å². The number of sulfonamides is 1. The number of anilines is 1. The lowest BCUT2D eigenvalue weighted by atomic mass is 9.86. The zero-order valence-electron chi connectivity index (χ0n) is 16.2. The molecule has 0 saturated heterocycles. The summed E-state index contributed by atoms with van der Waals surface area (Å²) in [5.41, 5.74) is 1.16. The largest absolute Gasteiger partial charge is 0.335 e. The molecule has 0 amide bonds. The molecule has 1 heterocycles. The van der Waals surface area contributed by atoms with Gasteiger partial charge in [-0.15, -0.1) is 0 Å². The number of nitrogens with zero attached hydrogens (tertiary/aromatic N) is 2. The number of benzene rings is 1. The fourth-order valence-electron chi connectivity index (χ4n) is 4.03. The van der Waals surface area contributed by atoms with E-state index < -0.39 is 10.0 Å². The van der Waals surface area contributed by atoms with E-state index >= 15 is 0 Å². The maximum Gasteiger partial charge on any atom is 0.321 e. The molecule has 0 atom stereocenters. The van der Waals surface area contributed by atoms with E-state index in [1.165, 1.54) is 5.56 Å². The van der Waals surface area contributed by atoms with E-state index in [2.05, 4.69) is 32.3 Å². The first-order valence-corrected chi connectivity index (χ1v) is 11.8. The molecule has 7 nitrogen and oxygen atoms in total. The molecular weight excluding hydrogens is 376 g/mol. The van der Waals surface area contributed by atoms with Gasteiger partial charge in [-0.3, -0.25) is 0 Å². The van der Waals surface area contributed by atoms with Crippen LogP contribution < -0.4 is 10.0 Å². The maximum absolute atomic E-state index is 11.6. The van der Waals surface area contributed by atoms with E-state index in [0.29, 0.717) is 24.5 Å². The van der Waals surface area contributed by atoms with E-state index in [0.717, 1.165) is 44.3 Å². The van der Waals surface area contributed by atoms with Gasteiger partial charge in [0.25, 0.3) is 0 Å². The molecule has 2 aliphatic rings. The van der Waals surface area contributed by atoms with Gasteiger partial charge in [0.05, 0.1) is 11.2 Å². The SMILES string of the molecule is CCS(=O)(=O)NC[C@H]1CC[C@H](Nc2nc(C3(c4ccccc4)CC3)no2)CC1. The maximum atomic E-state index is 11.6. The highest BCUT2D eigenvalue weighted by molar-refractivity contribution is 7.89. The van der Waals surface area contributed by atoms with Crippen molar-refractivity contribution in [3.63, 3.8) is 0 Å². The Labute approximate surface area is 166 Å². The number of nitrogens with one attached hydrogen (secondary N) is 2. The summed E-state index contributed by atoms with van der Waals surface area (Å²) in [6, 6.07) is 11.2. The molecule has 0 bridgehead atoms. The van der Waals surface area contributed by atoms with Crippen LogP contribution >= 0.6 is 0 Å². The molecule has 0 aliphatic heterocycles. The molecule has 1 aromatic carbocycles. The first-order chi connectivity index (χ1) is 13.5. The summed E-state index contributed by atoms with van der Waals surface area (Å²) in [5, 5.41) is 7.63. The Morgan fingerprint density at radius 1 is 1.14 bits per heavy atom. The van der Waals surface area contributed by atoms with E-state index in [1.54, 1.807) is 6.92 Å². The summed E-state index contributed by atoms with van der Waals surface area (Å²) in [6.45, 7) is 2.19. The predicted octanol–water partition coefficient (Wildman–Crippen LogP) is 3.06. The Balaban J connectivity index is 1.30. The van der Waals surface area contributed by atoms with Gasteiger partial charge in [-0.25, -0.2) is 13.1 Å². The molecular formula is C20H28N4O3S. The number of aromatic nitrogens is 2. The van der Waals surface area contributed by atoms with Crippen molar-refractivity contribution in [2.75, 3.05) is 17.6 Å². The zero-order valence-corrected chi connectivity index (χ0v) is 17.0. The predicted molar refractivity (Wildman–Crippen MR) is 108 cm³/mol. The molecule has 152 valence electrons. The average molecular weight is 405 g/mol. The Morgan fingerprint density at radius 3 is 2.50 bits per heavy atom. The van der Waals surface area contributed by atoms with Crippen molar-refractivity contribution >= 4 is 16.0 Å². The summed E-state index contributed by atoms with van der Waals surface area (Å²) < 4.78 is 31.4. The first-order valence-electron chi connectivity index (χ1n) is 10.1. The van der Waals surface area contributed by atoms with Crippen LogP contribution in [0.4, 0.5) is 6.01 Å². The van der Waals surface area contributed by atoms with Crippen LogP contribution in [-0.2, 0) is 15.4 Å². The van der Waals surface area contributed by atoms with Gasteiger partial charge in [-0.1, -0.05) is 35.5 Å². The van der Waals surface area contributed by atoms with Crippen LogP contribution in [0.25, 0.3) is 0 Å². The van der Waals surface area contributed by atoms with E-state index in [1.807, 2.05) is 18.2 Å². The molecule has 2 aliphatic carbocycles. The highest BCUT2D eigenvalue weighted by Gasteiger charge is 2.50. The lowest BCUT2D eigenvalue weighted by molar-refractivity contribution is 0.329. The fraction of sp³-hybridized carbons (Fsp3) is 0.600.